The number of carboxylic acids is 2. The summed E-state index contributed by atoms with van der Waals surface area (Å²) in [5, 5.41) is 18.9. The molecule has 0 saturated heterocycles. The van der Waals surface area contributed by atoms with Crippen molar-refractivity contribution in [3.63, 3.8) is 0 Å². The van der Waals surface area contributed by atoms with Crippen molar-refractivity contribution in [2.24, 2.45) is 0 Å². The van der Waals surface area contributed by atoms with E-state index in [-0.39, 0.29) is 50.4 Å². The zero-order chi connectivity index (χ0) is 27.4. The average Bonchev–Trinajstić information content (AvgIpc) is 2.81. The smallest absolute Gasteiger partial charge is 0.339 e. The van der Waals surface area contributed by atoms with Gasteiger partial charge in [-0.1, -0.05) is 13.2 Å². The number of ether oxygens (including phenoxy) is 4. The maximum atomic E-state index is 12.5. The van der Waals surface area contributed by atoms with E-state index < -0.39 is 58.1 Å². The number of rotatable bonds is 14. The Morgan fingerprint density at radius 3 is 1.22 bits per heavy atom. The summed E-state index contributed by atoms with van der Waals surface area (Å²) in [6, 6.07) is 1.42. The van der Waals surface area contributed by atoms with Crippen molar-refractivity contribution < 1.29 is 57.9 Å². The van der Waals surface area contributed by atoms with Gasteiger partial charge < -0.3 is 29.2 Å². The number of benzene rings is 1. The molecule has 0 aliphatic carbocycles. The Bertz CT molecular complexity index is 1000. The molecule has 0 spiro atoms. The fraction of sp³-hybridized carbons (Fsp3) is 0.333. The second-order valence-electron chi connectivity index (χ2n) is 7.37. The highest BCUT2D eigenvalue weighted by Crippen LogP contribution is 2.20. The van der Waals surface area contributed by atoms with Gasteiger partial charge in [0.05, 0.1) is 48.7 Å². The lowest BCUT2D eigenvalue weighted by Crippen LogP contribution is -2.19. The van der Waals surface area contributed by atoms with Gasteiger partial charge in [-0.2, -0.15) is 0 Å². The monoisotopic (exact) mass is 506 g/mol. The largest absolute Gasteiger partial charge is 0.478 e. The van der Waals surface area contributed by atoms with Crippen molar-refractivity contribution in [3.8, 4) is 0 Å². The molecule has 1 rings (SSSR count). The number of aromatic carboxylic acids is 2. The average molecular weight is 506 g/mol. The summed E-state index contributed by atoms with van der Waals surface area (Å²) >= 11 is 0. The van der Waals surface area contributed by atoms with Crippen LogP contribution in [0.1, 0.15) is 68.1 Å². The first-order chi connectivity index (χ1) is 16.9. The second kappa shape index (κ2) is 14.0. The number of esters is 4. The molecule has 0 saturated carbocycles. The van der Waals surface area contributed by atoms with Crippen molar-refractivity contribution >= 4 is 35.8 Å². The molecule has 0 heterocycles. The number of carboxylic acid groups (broad SMARTS) is 2. The van der Waals surface area contributed by atoms with Gasteiger partial charge in [0.15, 0.2) is 0 Å². The molecule has 0 aliphatic rings. The third kappa shape index (κ3) is 9.05. The summed E-state index contributed by atoms with van der Waals surface area (Å²) in [5.41, 5.74) is -2.18. The molecule has 1 aromatic carbocycles. The van der Waals surface area contributed by atoms with Crippen LogP contribution < -0.4 is 0 Å². The highest BCUT2D eigenvalue weighted by Gasteiger charge is 2.27. The molecular weight excluding hydrogens is 480 g/mol. The topological polar surface area (TPSA) is 180 Å². The summed E-state index contributed by atoms with van der Waals surface area (Å²) < 4.78 is 19.6. The van der Waals surface area contributed by atoms with Crippen LogP contribution in [0.2, 0.25) is 0 Å². The summed E-state index contributed by atoms with van der Waals surface area (Å²) in [4.78, 5) is 70.9. The zero-order valence-corrected chi connectivity index (χ0v) is 19.8. The molecule has 0 radical (unpaired) electrons. The number of carbonyl (C=O) groups excluding carboxylic acids is 4. The third-order valence-corrected chi connectivity index (χ3v) is 4.27. The predicted molar refractivity (Wildman–Crippen MR) is 122 cm³/mol. The molecule has 12 nitrogen and oxygen atoms in total. The van der Waals surface area contributed by atoms with E-state index in [4.69, 9.17) is 18.9 Å². The normalized spacial score (nSPS) is 10.1. The Morgan fingerprint density at radius 1 is 0.611 bits per heavy atom. The van der Waals surface area contributed by atoms with E-state index in [1.165, 1.54) is 13.8 Å². The van der Waals surface area contributed by atoms with Crippen LogP contribution in [0.5, 0.6) is 0 Å². The van der Waals surface area contributed by atoms with Crippen LogP contribution in [0.4, 0.5) is 0 Å². The maximum Gasteiger partial charge on any atom is 0.339 e. The molecule has 2 N–H and O–H groups in total. The summed E-state index contributed by atoms with van der Waals surface area (Å²) in [6.07, 6.45) is 0.177. The Labute approximate surface area is 206 Å². The Kier molecular flexibility index (Phi) is 11.5. The summed E-state index contributed by atoms with van der Waals surface area (Å²) in [5.74, 6) is -6.79. The lowest BCUT2D eigenvalue weighted by atomic mass is 9.98. The minimum atomic E-state index is -1.63. The molecule has 0 fully saturated rings. The number of hydrogen-bond acceptors (Lipinski definition) is 10. The molecule has 0 unspecified atom stereocenters. The van der Waals surface area contributed by atoms with Crippen LogP contribution >= 0.6 is 0 Å². The van der Waals surface area contributed by atoms with E-state index >= 15 is 0 Å². The Hall–Kier alpha value is -4.48. The van der Waals surface area contributed by atoms with Crippen LogP contribution in [0, 0.1) is 0 Å². The zero-order valence-electron chi connectivity index (χ0n) is 19.8. The molecule has 36 heavy (non-hydrogen) atoms. The molecule has 194 valence electrons. The van der Waals surface area contributed by atoms with E-state index in [0.29, 0.717) is 6.07 Å². The molecule has 0 aliphatic heterocycles. The lowest BCUT2D eigenvalue weighted by Gasteiger charge is -2.12. The summed E-state index contributed by atoms with van der Waals surface area (Å²) in [7, 11) is 0. The van der Waals surface area contributed by atoms with Gasteiger partial charge in [0.25, 0.3) is 0 Å². The minimum absolute atomic E-state index is 0.0885. The quantitative estimate of drug-likeness (QED) is 0.163. The van der Waals surface area contributed by atoms with Gasteiger partial charge in [-0.25, -0.2) is 28.8 Å². The molecule has 0 amide bonds. The van der Waals surface area contributed by atoms with Crippen LogP contribution in [0.15, 0.2) is 36.4 Å². The van der Waals surface area contributed by atoms with Crippen molar-refractivity contribution in [1.29, 1.82) is 0 Å². The molecule has 0 atom stereocenters. The molecule has 1 aromatic rings. The SMILES string of the molecule is C=C(C)C(=O)OCCCOC(=O)c1cc(C(=O)OCCCOC(=O)C(=C)C)c(C(=O)O)cc1C(=O)O. The Morgan fingerprint density at radius 2 is 0.917 bits per heavy atom. The van der Waals surface area contributed by atoms with Crippen LogP contribution in [0.3, 0.4) is 0 Å². The highest BCUT2D eigenvalue weighted by molar-refractivity contribution is 6.09. The fourth-order valence-corrected chi connectivity index (χ4v) is 2.47. The number of carbonyl (C=O) groups is 6. The summed E-state index contributed by atoms with van der Waals surface area (Å²) in [6.45, 7) is 9.03. The van der Waals surface area contributed by atoms with Gasteiger partial charge in [-0.15, -0.1) is 0 Å². The van der Waals surface area contributed by atoms with E-state index in [9.17, 15) is 39.0 Å². The Balaban J connectivity index is 2.95. The first kappa shape index (κ1) is 29.6. The predicted octanol–water partition coefficient (Wildman–Crippen LogP) is 2.42. The first-order valence-electron chi connectivity index (χ1n) is 10.5. The van der Waals surface area contributed by atoms with E-state index in [2.05, 4.69) is 13.2 Å². The van der Waals surface area contributed by atoms with Crippen molar-refractivity contribution in [1.82, 2.24) is 0 Å². The highest BCUT2D eigenvalue weighted by atomic mass is 16.6. The minimum Gasteiger partial charge on any atom is -0.478 e. The van der Waals surface area contributed by atoms with Gasteiger partial charge >= 0.3 is 35.8 Å². The molecule has 0 aromatic heterocycles. The van der Waals surface area contributed by atoms with Gasteiger partial charge in [0, 0.05) is 24.0 Å². The van der Waals surface area contributed by atoms with Gasteiger partial charge in [-0.05, 0) is 26.0 Å². The molecule has 0 bridgehead atoms. The van der Waals surface area contributed by atoms with Gasteiger partial charge in [0.1, 0.15) is 0 Å². The van der Waals surface area contributed by atoms with Crippen molar-refractivity contribution in [2.75, 3.05) is 26.4 Å². The van der Waals surface area contributed by atoms with Gasteiger partial charge in [0.2, 0.25) is 0 Å². The second-order valence-corrected chi connectivity index (χ2v) is 7.37. The molecule has 12 heteroatoms. The standard InChI is InChI=1S/C24H26O12/c1-13(2)21(29)33-7-5-9-35-23(31)17-12-18(16(20(27)28)11-15(17)19(25)26)24(32)36-10-6-8-34-22(30)14(3)4/h11-12H,1,3,5-10H2,2,4H3,(H,25,26)(H,27,28). The first-order valence-corrected chi connectivity index (χ1v) is 10.5. The van der Waals surface area contributed by atoms with E-state index in [1.54, 1.807) is 0 Å². The van der Waals surface area contributed by atoms with Crippen LogP contribution in [-0.2, 0) is 28.5 Å². The fourth-order valence-electron chi connectivity index (χ4n) is 2.47. The molecular formula is C24H26O12. The lowest BCUT2D eigenvalue weighted by molar-refractivity contribution is -0.140. The third-order valence-electron chi connectivity index (χ3n) is 4.27. The van der Waals surface area contributed by atoms with Crippen LogP contribution in [0.25, 0.3) is 0 Å². The van der Waals surface area contributed by atoms with E-state index in [0.717, 1.165) is 6.07 Å². The van der Waals surface area contributed by atoms with E-state index in [1.807, 2.05) is 0 Å². The van der Waals surface area contributed by atoms with Crippen molar-refractivity contribution in [2.45, 2.75) is 26.7 Å². The van der Waals surface area contributed by atoms with Crippen LogP contribution in [-0.4, -0.2) is 72.5 Å². The maximum absolute atomic E-state index is 12.5. The van der Waals surface area contributed by atoms with Crippen molar-refractivity contribution in [3.05, 3.63) is 58.7 Å². The number of hydrogen-bond donors (Lipinski definition) is 2. The van der Waals surface area contributed by atoms with Gasteiger partial charge in [-0.3, -0.25) is 0 Å².